The van der Waals surface area contributed by atoms with Gasteiger partial charge in [-0.3, -0.25) is 0 Å². The third kappa shape index (κ3) is 5.83. The van der Waals surface area contributed by atoms with E-state index in [2.05, 4.69) is 36.1 Å². The average molecular weight is 227 g/mol. The lowest BCUT2D eigenvalue weighted by atomic mass is 10.1. The predicted molar refractivity (Wildman–Crippen MR) is 70.9 cm³/mol. The van der Waals surface area contributed by atoms with Gasteiger partial charge < -0.3 is 15.1 Å². The molecule has 0 bridgehead atoms. The smallest absolute Gasteiger partial charge is 0.00223 e. The van der Waals surface area contributed by atoms with Crippen LogP contribution in [0.5, 0.6) is 0 Å². The number of likely N-dealkylation sites (tertiary alicyclic amines) is 1. The molecule has 0 aromatic carbocycles. The molecule has 3 heteroatoms. The molecule has 0 amide bonds. The first-order valence-electron chi connectivity index (χ1n) is 6.80. The minimum Gasteiger partial charge on any atom is -0.316 e. The fraction of sp³-hybridized carbons (Fsp3) is 1.00. The molecule has 96 valence electrons. The van der Waals surface area contributed by atoms with Crippen LogP contribution in [-0.4, -0.2) is 63.2 Å². The molecular formula is C13H29N3. The highest BCUT2D eigenvalue weighted by atomic mass is 15.2. The molecule has 0 aliphatic carbocycles. The first-order chi connectivity index (χ1) is 7.72. The fourth-order valence-corrected chi connectivity index (χ4v) is 2.38. The summed E-state index contributed by atoms with van der Waals surface area (Å²) < 4.78 is 0. The van der Waals surface area contributed by atoms with Crippen molar-refractivity contribution in [3.63, 3.8) is 0 Å². The Morgan fingerprint density at radius 2 is 2.19 bits per heavy atom. The molecule has 0 spiro atoms. The standard InChI is InChI=1S/C13H29N3/c1-4-7-14-11-13-6-10-16(12-13)9-5-8-15(2)3/h13-14H,4-12H2,1-3H3. The van der Waals surface area contributed by atoms with Gasteiger partial charge in [0.2, 0.25) is 0 Å². The van der Waals surface area contributed by atoms with Gasteiger partial charge in [-0.15, -0.1) is 0 Å². The maximum Gasteiger partial charge on any atom is 0.00223 e. The first-order valence-corrected chi connectivity index (χ1v) is 6.80. The number of hydrogen-bond acceptors (Lipinski definition) is 3. The summed E-state index contributed by atoms with van der Waals surface area (Å²) >= 11 is 0. The van der Waals surface area contributed by atoms with E-state index in [0.29, 0.717) is 0 Å². The third-order valence-corrected chi connectivity index (χ3v) is 3.31. The van der Waals surface area contributed by atoms with Gasteiger partial charge in [-0.2, -0.15) is 0 Å². The molecule has 1 aliphatic heterocycles. The topological polar surface area (TPSA) is 18.5 Å². The lowest BCUT2D eigenvalue weighted by Crippen LogP contribution is -2.28. The van der Waals surface area contributed by atoms with Crippen LogP contribution >= 0.6 is 0 Å². The minimum absolute atomic E-state index is 0.894. The number of rotatable bonds is 8. The minimum atomic E-state index is 0.894. The zero-order valence-electron chi connectivity index (χ0n) is 11.3. The van der Waals surface area contributed by atoms with Crippen LogP contribution in [0.15, 0.2) is 0 Å². The highest BCUT2D eigenvalue weighted by Gasteiger charge is 2.21. The highest BCUT2D eigenvalue weighted by Crippen LogP contribution is 2.15. The Hall–Kier alpha value is -0.120. The van der Waals surface area contributed by atoms with Crippen molar-refractivity contribution in [2.45, 2.75) is 26.2 Å². The van der Waals surface area contributed by atoms with Crippen LogP contribution in [0.4, 0.5) is 0 Å². The monoisotopic (exact) mass is 227 g/mol. The van der Waals surface area contributed by atoms with Crippen molar-refractivity contribution in [3.8, 4) is 0 Å². The van der Waals surface area contributed by atoms with Crippen molar-refractivity contribution in [2.24, 2.45) is 5.92 Å². The number of hydrogen-bond donors (Lipinski definition) is 1. The summed E-state index contributed by atoms with van der Waals surface area (Å²) in [5.41, 5.74) is 0. The quantitative estimate of drug-likeness (QED) is 0.630. The van der Waals surface area contributed by atoms with Crippen molar-refractivity contribution in [1.82, 2.24) is 15.1 Å². The van der Waals surface area contributed by atoms with Gasteiger partial charge in [0.05, 0.1) is 0 Å². The Kier molecular flexibility index (Phi) is 7.01. The fourth-order valence-electron chi connectivity index (χ4n) is 2.38. The maximum atomic E-state index is 3.54. The summed E-state index contributed by atoms with van der Waals surface area (Å²) in [6, 6.07) is 0. The van der Waals surface area contributed by atoms with Gasteiger partial charge in [-0.1, -0.05) is 6.92 Å². The zero-order chi connectivity index (χ0) is 11.8. The van der Waals surface area contributed by atoms with Crippen molar-refractivity contribution in [2.75, 3.05) is 53.4 Å². The van der Waals surface area contributed by atoms with Gasteiger partial charge in [0.1, 0.15) is 0 Å². The van der Waals surface area contributed by atoms with Gasteiger partial charge in [0.25, 0.3) is 0 Å². The Bertz CT molecular complexity index is 171. The van der Waals surface area contributed by atoms with Crippen LogP contribution in [0.3, 0.4) is 0 Å². The van der Waals surface area contributed by atoms with Gasteiger partial charge in [-0.05, 0) is 72.0 Å². The molecular weight excluding hydrogens is 198 g/mol. The van der Waals surface area contributed by atoms with Crippen molar-refractivity contribution in [3.05, 3.63) is 0 Å². The molecule has 1 rings (SSSR count). The molecule has 1 atom stereocenters. The van der Waals surface area contributed by atoms with E-state index >= 15 is 0 Å². The van der Waals surface area contributed by atoms with E-state index in [9.17, 15) is 0 Å². The Balaban J connectivity index is 2.01. The molecule has 1 N–H and O–H groups in total. The van der Waals surface area contributed by atoms with Gasteiger partial charge >= 0.3 is 0 Å². The van der Waals surface area contributed by atoms with Gasteiger partial charge in [-0.25, -0.2) is 0 Å². The third-order valence-electron chi connectivity index (χ3n) is 3.31. The van der Waals surface area contributed by atoms with E-state index < -0.39 is 0 Å². The molecule has 0 saturated carbocycles. The second-order valence-corrected chi connectivity index (χ2v) is 5.32. The van der Waals surface area contributed by atoms with Crippen LogP contribution in [0.2, 0.25) is 0 Å². The van der Waals surface area contributed by atoms with Crippen molar-refractivity contribution in [1.29, 1.82) is 0 Å². The summed E-state index contributed by atoms with van der Waals surface area (Å²) in [5, 5.41) is 3.54. The van der Waals surface area contributed by atoms with E-state index in [0.717, 1.165) is 5.92 Å². The van der Waals surface area contributed by atoms with E-state index in [1.807, 2.05) is 0 Å². The summed E-state index contributed by atoms with van der Waals surface area (Å²) in [4.78, 5) is 4.90. The molecule has 16 heavy (non-hydrogen) atoms. The zero-order valence-corrected chi connectivity index (χ0v) is 11.3. The molecule has 1 saturated heterocycles. The van der Waals surface area contributed by atoms with E-state index in [4.69, 9.17) is 0 Å². The van der Waals surface area contributed by atoms with Crippen LogP contribution < -0.4 is 5.32 Å². The lowest BCUT2D eigenvalue weighted by Gasteiger charge is -2.17. The highest BCUT2D eigenvalue weighted by molar-refractivity contribution is 4.77. The Morgan fingerprint density at radius 1 is 1.38 bits per heavy atom. The second-order valence-electron chi connectivity index (χ2n) is 5.32. The summed E-state index contributed by atoms with van der Waals surface area (Å²) in [7, 11) is 4.31. The number of nitrogens with one attached hydrogen (secondary N) is 1. The normalized spacial score (nSPS) is 22.1. The molecule has 1 unspecified atom stereocenters. The van der Waals surface area contributed by atoms with Crippen molar-refractivity contribution >= 4 is 0 Å². The van der Waals surface area contributed by atoms with Crippen LogP contribution in [0, 0.1) is 5.92 Å². The van der Waals surface area contributed by atoms with Crippen molar-refractivity contribution < 1.29 is 0 Å². The summed E-state index contributed by atoms with van der Waals surface area (Å²) in [6.45, 7) is 9.75. The molecule has 0 radical (unpaired) electrons. The second kappa shape index (κ2) is 8.04. The Labute approximate surface area is 101 Å². The molecule has 3 nitrogen and oxygen atoms in total. The maximum absolute atomic E-state index is 3.54. The summed E-state index contributed by atoms with van der Waals surface area (Å²) in [6.07, 6.45) is 3.94. The molecule has 1 aliphatic rings. The summed E-state index contributed by atoms with van der Waals surface area (Å²) in [5.74, 6) is 0.894. The number of nitrogens with zero attached hydrogens (tertiary/aromatic N) is 2. The molecule has 1 fully saturated rings. The first kappa shape index (κ1) is 13.9. The van der Waals surface area contributed by atoms with Gasteiger partial charge in [0, 0.05) is 6.54 Å². The lowest BCUT2D eigenvalue weighted by molar-refractivity contribution is 0.292. The SMILES string of the molecule is CCCNCC1CCN(CCCN(C)C)C1. The Morgan fingerprint density at radius 3 is 2.88 bits per heavy atom. The van der Waals surface area contributed by atoms with Crippen LogP contribution in [0.1, 0.15) is 26.2 Å². The predicted octanol–water partition coefficient (Wildman–Crippen LogP) is 1.26. The van der Waals surface area contributed by atoms with E-state index in [1.54, 1.807) is 0 Å². The van der Waals surface area contributed by atoms with Crippen LogP contribution in [-0.2, 0) is 0 Å². The van der Waals surface area contributed by atoms with E-state index in [-0.39, 0.29) is 0 Å². The van der Waals surface area contributed by atoms with Gasteiger partial charge in [0.15, 0.2) is 0 Å². The van der Waals surface area contributed by atoms with Crippen LogP contribution in [0.25, 0.3) is 0 Å². The average Bonchev–Trinajstić information content (AvgIpc) is 2.66. The van der Waals surface area contributed by atoms with E-state index in [1.165, 1.54) is 58.5 Å². The molecule has 0 aromatic rings. The molecule has 1 heterocycles. The molecule has 0 aromatic heterocycles. The largest absolute Gasteiger partial charge is 0.316 e.